The van der Waals surface area contributed by atoms with Gasteiger partial charge in [-0.05, 0) is 11.1 Å². The monoisotopic (exact) mass is 350 g/mol. The number of rotatable bonds is 9. The Kier molecular flexibility index (Phi) is 6.94. The van der Waals surface area contributed by atoms with Crippen molar-refractivity contribution in [2.45, 2.75) is 18.8 Å². The molecule has 0 aliphatic rings. The predicted octanol–water partition coefficient (Wildman–Crippen LogP) is 2.01. The number of nitrogens with one attached hydrogen (secondary N) is 1. The Morgan fingerprint density at radius 1 is 1.21 bits per heavy atom. The average Bonchev–Trinajstić information content (AvgIpc) is 2.55. The van der Waals surface area contributed by atoms with Crippen LogP contribution in [0.4, 0.5) is 0 Å². The van der Waals surface area contributed by atoms with Gasteiger partial charge < -0.3 is 20.1 Å². The second kappa shape index (κ2) is 8.94. The molecule has 130 valence electrons. The zero-order chi connectivity index (χ0) is 17.4. The summed E-state index contributed by atoms with van der Waals surface area (Å²) < 4.78 is 17.2. The molecule has 2 aromatic rings. The second-order valence-electron chi connectivity index (χ2n) is 5.67. The van der Waals surface area contributed by atoms with Gasteiger partial charge in [0, 0.05) is 31.5 Å². The zero-order valence-electron chi connectivity index (χ0n) is 13.6. The van der Waals surface area contributed by atoms with Crippen LogP contribution in [0.15, 0.2) is 48.7 Å². The van der Waals surface area contributed by atoms with E-state index in [0.29, 0.717) is 12.4 Å². The Hall–Kier alpha value is -1.72. The summed E-state index contributed by atoms with van der Waals surface area (Å²) in [5.41, 5.74) is 1.74. The van der Waals surface area contributed by atoms with Crippen molar-refractivity contribution in [3.63, 3.8) is 0 Å². The lowest BCUT2D eigenvalue weighted by molar-refractivity contribution is 0.190. The molecule has 2 atom stereocenters. The summed E-state index contributed by atoms with van der Waals surface area (Å²) in [6.07, 6.45) is 0.754. The number of benzene rings is 1. The van der Waals surface area contributed by atoms with Crippen LogP contribution < -0.4 is 10.1 Å². The first-order valence-corrected chi connectivity index (χ1v) is 9.74. The number of methoxy groups -OCH3 is 1. The highest BCUT2D eigenvalue weighted by atomic mass is 31.2. The molecular weight excluding hydrogens is 327 g/mol. The summed E-state index contributed by atoms with van der Waals surface area (Å²) in [6.45, 7) is 0.758. The highest BCUT2D eigenvalue weighted by Crippen LogP contribution is 2.44. The predicted molar refractivity (Wildman–Crippen MR) is 93.3 cm³/mol. The molecule has 0 bridgehead atoms. The Balaban J connectivity index is 1.75. The van der Waals surface area contributed by atoms with Crippen molar-refractivity contribution in [2.24, 2.45) is 0 Å². The molecule has 24 heavy (non-hydrogen) atoms. The number of hydrogen-bond acceptors (Lipinski definition) is 5. The van der Waals surface area contributed by atoms with Gasteiger partial charge in [0.05, 0.1) is 19.4 Å². The van der Waals surface area contributed by atoms with E-state index in [1.54, 1.807) is 19.4 Å². The minimum Gasteiger partial charge on any atom is -0.481 e. The summed E-state index contributed by atoms with van der Waals surface area (Å²) in [6, 6.07) is 12.8. The van der Waals surface area contributed by atoms with E-state index >= 15 is 0 Å². The van der Waals surface area contributed by atoms with Crippen molar-refractivity contribution < 1.29 is 19.3 Å². The molecule has 0 aliphatic carbocycles. The van der Waals surface area contributed by atoms with Crippen molar-refractivity contribution >= 4 is 7.37 Å². The van der Waals surface area contributed by atoms with Crippen LogP contribution in [-0.4, -0.2) is 40.9 Å². The molecule has 0 spiro atoms. The number of ether oxygens (including phenoxy) is 1. The van der Waals surface area contributed by atoms with Crippen molar-refractivity contribution in [1.29, 1.82) is 0 Å². The van der Waals surface area contributed by atoms with E-state index in [9.17, 15) is 14.6 Å². The third-order valence-corrected chi connectivity index (χ3v) is 5.34. The van der Waals surface area contributed by atoms with Gasteiger partial charge in [0.1, 0.15) is 0 Å². The van der Waals surface area contributed by atoms with E-state index in [-0.39, 0.29) is 18.9 Å². The van der Waals surface area contributed by atoms with E-state index in [4.69, 9.17) is 4.74 Å². The lowest BCUT2D eigenvalue weighted by atomic mass is 10.2. The fourth-order valence-corrected chi connectivity index (χ4v) is 4.04. The van der Waals surface area contributed by atoms with Crippen LogP contribution in [0.1, 0.15) is 11.1 Å². The minimum absolute atomic E-state index is 0.0767. The van der Waals surface area contributed by atoms with Gasteiger partial charge in [-0.3, -0.25) is 4.57 Å². The van der Waals surface area contributed by atoms with Crippen molar-refractivity contribution in [3.05, 3.63) is 59.8 Å². The van der Waals surface area contributed by atoms with Gasteiger partial charge in [-0.15, -0.1) is 0 Å². The van der Waals surface area contributed by atoms with Crippen molar-refractivity contribution in [2.75, 3.05) is 19.8 Å². The van der Waals surface area contributed by atoms with E-state index in [0.717, 1.165) is 11.1 Å². The molecule has 0 amide bonds. The lowest BCUT2D eigenvalue weighted by Crippen LogP contribution is -2.29. The first-order chi connectivity index (χ1) is 11.5. The van der Waals surface area contributed by atoms with E-state index in [1.807, 2.05) is 36.4 Å². The van der Waals surface area contributed by atoms with E-state index in [2.05, 4.69) is 10.3 Å². The molecule has 0 saturated heterocycles. The normalized spacial score (nSPS) is 14.8. The quantitative estimate of drug-likeness (QED) is 0.599. The molecule has 1 heterocycles. The fourth-order valence-electron chi connectivity index (χ4n) is 2.35. The van der Waals surface area contributed by atoms with Gasteiger partial charge in [0.15, 0.2) is 0 Å². The largest absolute Gasteiger partial charge is 0.481 e. The standard InChI is InChI=1S/C17H23N2O4P/c1-23-17-8-7-15(10-19-17)9-18-11-16(20)13-24(21,22)12-14-5-3-2-4-6-14/h2-8,10,16,18,20H,9,11-13H2,1H3,(H,21,22)/t16-/m0/s1. The van der Waals surface area contributed by atoms with Crippen LogP contribution in [-0.2, 0) is 17.3 Å². The Labute approximate surface area is 142 Å². The van der Waals surface area contributed by atoms with Gasteiger partial charge in [-0.2, -0.15) is 0 Å². The summed E-state index contributed by atoms with van der Waals surface area (Å²) in [4.78, 5) is 14.1. The third kappa shape index (κ3) is 6.42. The van der Waals surface area contributed by atoms with Crippen LogP contribution >= 0.6 is 7.37 Å². The van der Waals surface area contributed by atoms with Gasteiger partial charge in [0.25, 0.3) is 0 Å². The van der Waals surface area contributed by atoms with E-state index < -0.39 is 13.5 Å². The lowest BCUT2D eigenvalue weighted by Gasteiger charge is -2.17. The van der Waals surface area contributed by atoms with Gasteiger partial charge in [-0.1, -0.05) is 36.4 Å². The number of aliphatic hydroxyl groups excluding tert-OH is 1. The Morgan fingerprint density at radius 2 is 1.96 bits per heavy atom. The van der Waals surface area contributed by atoms with Crippen LogP contribution in [0.5, 0.6) is 5.88 Å². The highest BCUT2D eigenvalue weighted by molar-refractivity contribution is 7.57. The summed E-state index contributed by atoms with van der Waals surface area (Å²) >= 11 is 0. The molecule has 3 N–H and O–H groups in total. The second-order valence-corrected chi connectivity index (χ2v) is 8.04. The summed E-state index contributed by atoms with van der Waals surface area (Å²) in [7, 11) is -1.86. The summed E-state index contributed by atoms with van der Waals surface area (Å²) in [5.74, 6) is 0.543. The highest BCUT2D eigenvalue weighted by Gasteiger charge is 2.23. The SMILES string of the molecule is COc1ccc(CNC[C@H](O)CP(=O)(O)Cc2ccccc2)cn1. The molecular formula is C17H23N2O4P. The maximum absolute atomic E-state index is 12.2. The number of nitrogens with zero attached hydrogens (tertiary/aromatic N) is 1. The van der Waals surface area contributed by atoms with Crippen LogP contribution in [0.3, 0.4) is 0 Å². The smallest absolute Gasteiger partial charge is 0.212 e. The van der Waals surface area contributed by atoms with E-state index in [1.165, 1.54) is 0 Å². The Bertz CT molecular complexity index is 664. The molecule has 6 nitrogen and oxygen atoms in total. The number of aromatic nitrogens is 1. The van der Waals surface area contributed by atoms with Gasteiger partial charge in [0.2, 0.25) is 13.2 Å². The molecule has 0 fully saturated rings. The van der Waals surface area contributed by atoms with Crippen molar-refractivity contribution in [1.82, 2.24) is 10.3 Å². The molecule has 0 aliphatic heterocycles. The number of hydrogen-bond donors (Lipinski definition) is 3. The first kappa shape index (κ1) is 18.6. The van der Waals surface area contributed by atoms with Crippen LogP contribution in [0.25, 0.3) is 0 Å². The first-order valence-electron chi connectivity index (χ1n) is 7.71. The van der Waals surface area contributed by atoms with Gasteiger partial charge >= 0.3 is 0 Å². The average molecular weight is 350 g/mol. The third-order valence-electron chi connectivity index (χ3n) is 3.48. The topological polar surface area (TPSA) is 91.7 Å². The van der Waals surface area contributed by atoms with Crippen LogP contribution in [0, 0.1) is 0 Å². The zero-order valence-corrected chi connectivity index (χ0v) is 14.5. The minimum atomic E-state index is -3.41. The molecule has 2 rings (SSSR count). The van der Waals surface area contributed by atoms with Crippen LogP contribution in [0.2, 0.25) is 0 Å². The fraction of sp³-hybridized carbons (Fsp3) is 0.353. The Morgan fingerprint density at radius 3 is 2.58 bits per heavy atom. The number of pyridine rings is 1. The molecule has 0 saturated carbocycles. The molecule has 1 unspecified atom stereocenters. The van der Waals surface area contributed by atoms with Gasteiger partial charge in [-0.25, -0.2) is 4.98 Å². The molecule has 1 aromatic carbocycles. The molecule has 1 aromatic heterocycles. The maximum atomic E-state index is 12.2. The maximum Gasteiger partial charge on any atom is 0.212 e. The van der Waals surface area contributed by atoms with Crippen molar-refractivity contribution in [3.8, 4) is 5.88 Å². The molecule has 7 heteroatoms. The summed E-state index contributed by atoms with van der Waals surface area (Å²) in [5, 5.41) is 13.1. The molecule has 0 radical (unpaired) electrons. The number of aliphatic hydroxyl groups is 1.